The summed E-state index contributed by atoms with van der Waals surface area (Å²) in [5.41, 5.74) is 1.56. The van der Waals surface area contributed by atoms with Crippen molar-refractivity contribution in [2.75, 3.05) is 5.32 Å². The Morgan fingerprint density at radius 3 is 2.30 bits per heavy atom. The monoisotopic (exact) mass is 406 g/mol. The lowest BCUT2D eigenvalue weighted by Crippen LogP contribution is -2.19. The number of fused-ring (bicyclic) bond motifs is 1. The van der Waals surface area contributed by atoms with Gasteiger partial charge in [0, 0.05) is 17.0 Å². The van der Waals surface area contributed by atoms with Crippen LogP contribution >= 0.6 is 0 Å². The topological polar surface area (TPSA) is 59.3 Å². The average Bonchev–Trinajstić information content (AvgIpc) is 3.14. The molecule has 0 saturated carbocycles. The number of hydrogen-bond acceptors (Lipinski definition) is 3. The molecule has 2 aromatic carbocycles. The number of aromatic nitrogens is 3. The normalized spacial score (nSPS) is 11.6. The largest absolute Gasteiger partial charge is 0.318 e. The minimum Gasteiger partial charge on any atom is -0.318 e. The molecule has 0 radical (unpaired) electrons. The highest BCUT2D eigenvalue weighted by Gasteiger charge is 2.23. The van der Waals surface area contributed by atoms with E-state index in [0.717, 1.165) is 5.69 Å². The third-order valence-electron chi connectivity index (χ3n) is 4.70. The third-order valence-corrected chi connectivity index (χ3v) is 4.70. The summed E-state index contributed by atoms with van der Waals surface area (Å²) in [6.45, 7) is 5.98. The highest BCUT2D eigenvalue weighted by Crippen LogP contribution is 2.27. The Labute approximate surface area is 172 Å². The molecule has 4 rings (SSSR count). The van der Waals surface area contributed by atoms with Crippen molar-refractivity contribution in [1.29, 1.82) is 0 Å². The van der Waals surface area contributed by atoms with E-state index in [-0.39, 0.29) is 22.4 Å². The van der Waals surface area contributed by atoms with Crippen molar-refractivity contribution in [3.8, 4) is 11.3 Å². The summed E-state index contributed by atoms with van der Waals surface area (Å²) in [6, 6.07) is 15.3. The van der Waals surface area contributed by atoms with Crippen molar-refractivity contribution in [1.82, 2.24) is 14.6 Å². The van der Waals surface area contributed by atoms with Gasteiger partial charge in [-0.3, -0.25) is 4.79 Å². The summed E-state index contributed by atoms with van der Waals surface area (Å²) in [6.07, 6.45) is 0. The predicted octanol–water partition coefficient (Wildman–Crippen LogP) is 5.22. The Morgan fingerprint density at radius 1 is 0.967 bits per heavy atom. The number of benzene rings is 2. The summed E-state index contributed by atoms with van der Waals surface area (Å²) in [5.74, 6) is -1.58. The Morgan fingerprint density at radius 2 is 1.63 bits per heavy atom. The molecule has 1 amide bonds. The predicted molar refractivity (Wildman–Crippen MR) is 111 cm³/mol. The van der Waals surface area contributed by atoms with E-state index in [1.165, 1.54) is 34.8 Å². The van der Waals surface area contributed by atoms with E-state index in [4.69, 9.17) is 0 Å². The van der Waals surface area contributed by atoms with Crippen molar-refractivity contribution < 1.29 is 13.6 Å². The molecule has 0 fully saturated rings. The van der Waals surface area contributed by atoms with Gasteiger partial charge in [-0.2, -0.15) is 5.10 Å². The van der Waals surface area contributed by atoms with Crippen LogP contribution in [0.1, 0.15) is 37.0 Å². The first-order chi connectivity index (χ1) is 14.2. The second-order valence-electron chi connectivity index (χ2n) is 7.99. The summed E-state index contributed by atoms with van der Waals surface area (Å²) < 4.78 is 29.8. The quantitative estimate of drug-likeness (QED) is 0.507. The molecule has 0 aliphatic heterocycles. The van der Waals surface area contributed by atoms with Gasteiger partial charge in [-0.25, -0.2) is 18.3 Å². The van der Waals surface area contributed by atoms with Crippen LogP contribution in [0.2, 0.25) is 0 Å². The molecule has 4 aromatic rings. The van der Waals surface area contributed by atoms with Crippen LogP contribution in [0.3, 0.4) is 0 Å². The zero-order valence-electron chi connectivity index (χ0n) is 16.8. The van der Waals surface area contributed by atoms with Gasteiger partial charge in [0.1, 0.15) is 17.3 Å². The molecule has 0 atom stereocenters. The molecule has 7 heteroatoms. The minimum absolute atomic E-state index is 0.0445. The van der Waals surface area contributed by atoms with Crippen LogP contribution < -0.4 is 5.32 Å². The van der Waals surface area contributed by atoms with Gasteiger partial charge in [0.05, 0.1) is 17.1 Å². The molecule has 2 aromatic heterocycles. The fourth-order valence-electron chi connectivity index (χ4n) is 3.06. The van der Waals surface area contributed by atoms with Crippen LogP contribution in [0.25, 0.3) is 16.9 Å². The van der Waals surface area contributed by atoms with E-state index < -0.39 is 17.5 Å². The lowest BCUT2D eigenvalue weighted by molar-refractivity contribution is 0.101. The van der Waals surface area contributed by atoms with Gasteiger partial charge >= 0.3 is 0 Å². The van der Waals surface area contributed by atoms with Crippen LogP contribution in [-0.2, 0) is 5.41 Å². The Bertz CT molecular complexity index is 1260. The van der Waals surface area contributed by atoms with E-state index >= 15 is 0 Å². The third kappa shape index (κ3) is 3.66. The van der Waals surface area contributed by atoms with E-state index in [0.29, 0.717) is 11.3 Å². The molecule has 152 valence electrons. The first kappa shape index (κ1) is 19.7. The number of anilines is 1. The van der Waals surface area contributed by atoms with Gasteiger partial charge in [0.15, 0.2) is 5.65 Å². The van der Waals surface area contributed by atoms with Gasteiger partial charge < -0.3 is 5.32 Å². The lowest BCUT2D eigenvalue weighted by atomic mass is 9.93. The summed E-state index contributed by atoms with van der Waals surface area (Å²) in [5, 5.41) is 7.10. The summed E-state index contributed by atoms with van der Waals surface area (Å²) in [7, 11) is 0. The van der Waals surface area contributed by atoms with Gasteiger partial charge in [0.2, 0.25) is 0 Å². The van der Waals surface area contributed by atoms with Crippen molar-refractivity contribution >= 4 is 17.2 Å². The first-order valence-electron chi connectivity index (χ1n) is 9.46. The molecule has 2 heterocycles. The maximum absolute atomic E-state index is 14.4. The number of carbonyl (C=O) groups is 1. The number of nitrogens with one attached hydrogen (secondary N) is 1. The van der Waals surface area contributed by atoms with Crippen LogP contribution in [-0.4, -0.2) is 20.5 Å². The maximum atomic E-state index is 14.4. The van der Waals surface area contributed by atoms with Crippen LogP contribution in [0.5, 0.6) is 0 Å². The lowest BCUT2D eigenvalue weighted by Gasteiger charge is -2.13. The van der Waals surface area contributed by atoms with Crippen molar-refractivity contribution in [2.24, 2.45) is 0 Å². The van der Waals surface area contributed by atoms with E-state index in [1.54, 1.807) is 30.3 Å². The smallest absolute Gasteiger partial charge is 0.274 e. The number of hydrogen-bond donors (Lipinski definition) is 1. The Kier molecular flexibility index (Phi) is 4.81. The SMILES string of the molecule is CC(C)(C)c1cc2nc(-c3ccccc3F)cc(C(=O)Nc3ccccc3F)n2n1. The van der Waals surface area contributed by atoms with Crippen molar-refractivity contribution in [2.45, 2.75) is 26.2 Å². The summed E-state index contributed by atoms with van der Waals surface area (Å²) in [4.78, 5) is 17.6. The van der Waals surface area contributed by atoms with Gasteiger partial charge in [0.25, 0.3) is 5.91 Å². The first-order valence-corrected chi connectivity index (χ1v) is 9.46. The average molecular weight is 406 g/mol. The molecule has 1 N–H and O–H groups in total. The van der Waals surface area contributed by atoms with E-state index in [2.05, 4.69) is 15.4 Å². The number of rotatable bonds is 3. The number of nitrogens with zero attached hydrogens (tertiary/aromatic N) is 3. The van der Waals surface area contributed by atoms with Crippen LogP contribution in [0, 0.1) is 11.6 Å². The highest BCUT2D eigenvalue weighted by molar-refractivity contribution is 6.04. The molecule has 30 heavy (non-hydrogen) atoms. The van der Waals surface area contributed by atoms with Crippen molar-refractivity contribution in [3.63, 3.8) is 0 Å². The number of carbonyl (C=O) groups excluding carboxylic acids is 1. The van der Waals surface area contributed by atoms with Gasteiger partial charge in [-0.05, 0) is 30.3 Å². The van der Waals surface area contributed by atoms with E-state index in [9.17, 15) is 13.6 Å². The molecular formula is C23H20F2N4O. The zero-order chi connectivity index (χ0) is 21.5. The number of halogens is 2. The standard InChI is InChI=1S/C23H20F2N4O/c1-23(2,3)20-13-21-26-18(14-8-4-5-9-15(14)24)12-19(29(21)28-20)22(30)27-17-11-7-6-10-16(17)25/h4-13H,1-3H3,(H,27,30). The highest BCUT2D eigenvalue weighted by atomic mass is 19.1. The van der Waals surface area contributed by atoms with Crippen molar-refractivity contribution in [3.05, 3.63) is 83.7 Å². The molecule has 0 aliphatic carbocycles. The van der Waals surface area contributed by atoms with Crippen LogP contribution in [0.4, 0.5) is 14.5 Å². The molecule has 0 saturated heterocycles. The van der Waals surface area contributed by atoms with Gasteiger partial charge in [-0.1, -0.05) is 45.0 Å². The second kappa shape index (κ2) is 7.33. The number of para-hydroxylation sites is 1. The zero-order valence-corrected chi connectivity index (χ0v) is 16.8. The van der Waals surface area contributed by atoms with Crippen LogP contribution in [0.15, 0.2) is 60.7 Å². The number of amides is 1. The molecule has 0 bridgehead atoms. The molecule has 0 unspecified atom stereocenters. The minimum atomic E-state index is -0.575. The molecule has 0 spiro atoms. The Hall–Kier alpha value is -3.61. The fraction of sp³-hybridized carbons (Fsp3) is 0.174. The second-order valence-corrected chi connectivity index (χ2v) is 7.99. The molecule has 0 aliphatic rings. The maximum Gasteiger partial charge on any atom is 0.274 e. The Balaban J connectivity index is 1.89. The summed E-state index contributed by atoms with van der Waals surface area (Å²) >= 11 is 0. The van der Waals surface area contributed by atoms with E-state index in [1.807, 2.05) is 20.8 Å². The molecule has 5 nitrogen and oxygen atoms in total. The fourth-order valence-corrected chi connectivity index (χ4v) is 3.06. The van der Waals surface area contributed by atoms with Gasteiger partial charge in [-0.15, -0.1) is 0 Å². The molecular weight excluding hydrogens is 386 g/mol.